The van der Waals surface area contributed by atoms with Crippen molar-refractivity contribution in [2.45, 2.75) is 71.6 Å². The van der Waals surface area contributed by atoms with Crippen molar-refractivity contribution in [1.82, 2.24) is 0 Å². The Bertz CT molecular complexity index is 286. The number of unbranched alkanes of at least 4 members (excludes halogenated alkanes) is 5. The summed E-state index contributed by atoms with van der Waals surface area (Å²) in [5.74, 6) is 0.708. The smallest absolute Gasteiger partial charge is 0.337 e. The molecule has 0 aromatic heterocycles. The zero-order valence-electron chi connectivity index (χ0n) is 12.5. The van der Waals surface area contributed by atoms with E-state index in [1.807, 2.05) is 6.92 Å². The van der Waals surface area contributed by atoms with Gasteiger partial charge in [-0.1, -0.05) is 39.0 Å². The van der Waals surface area contributed by atoms with E-state index in [4.69, 9.17) is 9.47 Å². The molecule has 0 spiro atoms. The zero-order valence-corrected chi connectivity index (χ0v) is 12.5. The lowest BCUT2D eigenvalue weighted by molar-refractivity contribution is -0.139. The van der Waals surface area contributed by atoms with Gasteiger partial charge in [0.2, 0.25) is 0 Å². The second-order valence-electron chi connectivity index (χ2n) is 5.09. The number of rotatable bonds is 9. The third kappa shape index (κ3) is 6.13. The third-order valence-electron chi connectivity index (χ3n) is 3.46. The van der Waals surface area contributed by atoms with Gasteiger partial charge in [0.25, 0.3) is 0 Å². The van der Waals surface area contributed by atoms with Crippen LogP contribution in [0.15, 0.2) is 11.3 Å². The molecular formula is C16H28O3. The van der Waals surface area contributed by atoms with Crippen molar-refractivity contribution in [1.29, 1.82) is 0 Å². The van der Waals surface area contributed by atoms with E-state index in [-0.39, 0.29) is 5.97 Å². The molecule has 1 heterocycles. The van der Waals surface area contributed by atoms with Crippen LogP contribution in [0.1, 0.15) is 71.6 Å². The molecule has 3 nitrogen and oxygen atoms in total. The molecule has 1 saturated heterocycles. The van der Waals surface area contributed by atoms with Crippen molar-refractivity contribution in [3.63, 3.8) is 0 Å². The van der Waals surface area contributed by atoms with Gasteiger partial charge in [-0.3, -0.25) is 0 Å². The molecule has 0 atom stereocenters. The molecule has 0 saturated carbocycles. The highest BCUT2D eigenvalue weighted by molar-refractivity contribution is 5.89. The Hall–Kier alpha value is -0.990. The van der Waals surface area contributed by atoms with E-state index in [9.17, 15) is 4.79 Å². The van der Waals surface area contributed by atoms with E-state index in [1.54, 1.807) is 0 Å². The fourth-order valence-corrected chi connectivity index (χ4v) is 2.39. The summed E-state index contributed by atoms with van der Waals surface area (Å²) in [6.07, 6.45) is 10.1. The van der Waals surface area contributed by atoms with Gasteiger partial charge in [0, 0.05) is 6.42 Å². The summed E-state index contributed by atoms with van der Waals surface area (Å²) in [7, 11) is 0. The molecule has 0 radical (unpaired) electrons. The van der Waals surface area contributed by atoms with Gasteiger partial charge >= 0.3 is 5.97 Å². The molecule has 3 heteroatoms. The summed E-state index contributed by atoms with van der Waals surface area (Å²) in [5, 5.41) is 0. The summed E-state index contributed by atoms with van der Waals surface area (Å²) in [5.41, 5.74) is 0.787. The fraction of sp³-hybridized carbons (Fsp3) is 0.812. The first kappa shape index (κ1) is 16.1. The average molecular weight is 268 g/mol. The Morgan fingerprint density at radius 1 is 1.16 bits per heavy atom. The second-order valence-corrected chi connectivity index (χ2v) is 5.09. The van der Waals surface area contributed by atoms with Crippen LogP contribution in [0.3, 0.4) is 0 Å². The minimum absolute atomic E-state index is 0.173. The molecule has 0 amide bonds. The number of hydrogen-bond acceptors (Lipinski definition) is 3. The molecule has 0 aromatic rings. The van der Waals surface area contributed by atoms with E-state index in [0.717, 1.165) is 43.6 Å². The Morgan fingerprint density at radius 2 is 1.89 bits per heavy atom. The summed E-state index contributed by atoms with van der Waals surface area (Å²) in [6.45, 7) is 5.25. The van der Waals surface area contributed by atoms with Gasteiger partial charge in [-0.05, 0) is 26.2 Å². The number of carbonyl (C=O) groups is 1. The maximum atomic E-state index is 11.9. The monoisotopic (exact) mass is 268 g/mol. The van der Waals surface area contributed by atoms with Gasteiger partial charge in [-0.25, -0.2) is 4.79 Å². The van der Waals surface area contributed by atoms with Crippen LogP contribution in [-0.2, 0) is 14.3 Å². The summed E-state index contributed by atoms with van der Waals surface area (Å²) in [6, 6.07) is 0. The van der Waals surface area contributed by atoms with Crippen LogP contribution in [-0.4, -0.2) is 19.2 Å². The number of carbonyl (C=O) groups excluding carboxylic acids is 1. The second kappa shape index (κ2) is 9.88. The summed E-state index contributed by atoms with van der Waals surface area (Å²) in [4.78, 5) is 11.9. The number of hydrogen-bond donors (Lipinski definition) is 0. The van der Waals surface area contributed by atoms with Crippen LogP contribution in [0.25, 0.3) is 0 Å². The standard InChI is InChI=1S/C16H28O3/c1-3-5-6-7-8-9-11-14(16(17)18-4-2)15-12-10-13-19-15/h3-13H2,1-2H3/b15-14+. The third-order valence-corrected chi connectivity index (χ3v) is 3.46. The van der Waals surface area contributed by atoms with Gasteiger partial charge in [0.15, 0.2) is 0 Å². The Kier molecular flexibility index (Phi) is 8.35. The van der Waals surface area contributed by atoms with Gasteiger partial charge in [-0.2, -0.15) is 0 Å². The summed E-state index contributed by atoms with van der Waals surface area (Å²) < 4.78 is 10.7. The minimum atomic E-state index is -0.173. The lowest BCUT2D eigenvalue weighted by Crippen LogP contribution is -2.10. The molecule has 1 aliphatic heterocycles. The van der Waals surface area contributed by atoms with Crippen molar-refractivity contribution in [2.24, 2.45) is 0 Å². The zero-order chi connectivity index (χ0) is 13.9. The normalized spacial score (nSPS) is 17.2. The maximum absolute atomic E-state index is 11.9. The van der Waals surface area contributed by atoms with Crippen molar-refractivity contribution >= 4 is 5.97 Å². The van der Waals surface area contributed by atoms with E-state index in [1.165, 1.54) is 32.1 Å². The molecule has 19 heavy (non-hydrogen) atoms. The van der Waals surface area contributed by atoms with E-state index in [0.29, 0.717) is 6.61 Å². The van der Waals surface area contributed by atoms with Crippen LogP contribution in [0, 0.1) is 0 Å². The molecule has 1 aliphatic rings. The molecular weight excluding hydrogens is 240 g/mol. The molecule has 0 aliphatic carbocycles. The molecule has 0 bridgehead atoms. The van der Waals surface area contributed by atoms with E-state index < -0.39 is 0 Å². The van der Waals surface area contributed by atoms with Gasteiger partial charge in [0.05, 0.1) is 18.8 Å². The van der Waals surface area contributed by atoms with Crippen molar-refractivity contribution in [3.8, 4) is 0 Å². The average Bonchev–Trinajstić information content (AvgIpc) is 2.92. The Balaban J connectivity index is 2.38. The predicted octanol–water partition coefficient (Wildman–Crippen LogP) is 4.36. The molecule has 0 unspecified atom stereocenters. The maximum Gasteiger partial charge on any atom is 0.337 e. The van der Waals surface area contributed by atoms with Crippen LogP contribution in [0.4, 0.5) is 0 Å². The van der Waals surface area contributed by atoms with Crippen LogP contribution in [0.2, 0.25) is 0 Å². The number of allylic oxidation sites excluding steroid dienone is 1. The minimum Gasteiger partial charge on any atom is -0.497 e. The highest BCUT2D eigenvalue weighted by Gasteiger charge is 2.20. The first-order chi connectivity index (χ1) is 9.29. The molecule has 0 aromatic carbocycles. The molecule has 1 fully saturated rings. The van der Waals surface area contributed by atoms with Gasteiger partial charge in [-0.15, -0.1) is 0 Å². The topological polar surface area (TPSA) is 35.5 Å². The van der Waals surface area contributed by atoms with Crippen LogP contribution >= 0.6 is 0 Å². The van der Waals surface area contributed by atoms with Gasteiger partial charge < -0.3 is 9.47 Å². The summed E-state index contributed by atoms with van der Waals surface area (Å²) >= 11 is 0. The first-order valence-corrected chi connectivity index (χ1v) is 7.81. The lowest BCUT2D eigenvalue weighted by atomic mass is 10.0. The highest BCUT2D eigenvalue weighted by atomic mass is 16.5. The van der Waals surface area contributed by atoms with Crippen LogP contribution in [0.5, 0.6) is 0 Å². The predicted molar refractivity (Wildman–Crippen MR) is 76.8 cm³/mol. The largest absolute Gasteiger partial charge is 0.497 e. The number of ether oxygens (including phenoxy) is 2. The fourth-order valence-electron chi connectivity index (χ4n) is 2.39. The first-order valence-electron chi connectivity index (χ1n) is 7.81. The van der Waals surface area contributed by atoms with E-state index >= 15 is 0 Å². The molecule has 110 valence electrons. The highest BCUT2D eigenvalue weighted by Crippen LogP contribution is 2.25. The molecule has 0 N–H and O–H groups in total. The SMILES string of the molecule is CCCCCCCC/C(C(=O)OCC)=C1/CCCO1. The Labute approximate surface area is 117 Å². The quantitative estimate of drug-likeness (QED) is 0.354. The van der Waals surface area contributed by atoms with Gasteiger partial charge in [0.1, 0.15) is 5.76 Å². The van der Waals surface area contributed by atoms with Crippen molar-refractivity contribution in [3.05, 3.63) is 11.3 Å². The van der Waals surface area contributed by atoms with Crippen LogP contribution < -0.4 is 0 Å². The lowest BCUT2D eigenvalue weighted by Gasteiger charge is -2.10. The van der Waals surface area contributed by atoms with Crippen molar-refractivity contribution in [2.75, 3.05) is 13.2 Å². The Morgan fingerprint density at radius 3 is 2.53 bits per heavy atom. The molecule has 1 rings (SSSR count). The van der Waals surface area contributed by atoms with Crippen molar-refractivity contribution < 1.29 is 14.3 Å². The number of esters is 1. The van der Waals surface area contributed by atoms with E-state index in [2.05, 4.69) is 6.92 Å².